The van der Waals surface area contributed by atoms with Crippen molar-refractivity contribution in [2.75, 3.05) is 13.1 Å². The standard InChI is InChI=1S/C19H26N6O.HI/c1-5-20-19(22-12-18-23-13(2)14(3)26-18)21-10-11-25-15(4)24-16-8-6-7-9-17(16)25;/h6-9H,5,10-12H2,1-4H3,(H2,20,21,22);1H. The van der Waals surface area contributed by atoms with Gasteiger partial charge in [0.05, 0.1) is 16.7 Å². The number of aromatic nitrogens is 3. The molecule has 0 spiro atoms. The Kier molecular flexibility index (Phi) is 7.64. The Morgan fingerprint density at radius 1 is 1.15 bits per heavy atom. The molecule has 0 saturated heterocycles. The Bertz CT molecular complexity index is 895. The van der Waals surface area contributed by atoms with E-state index in [0.29, 0.717) is 12.4 Å². The molecule has 0 aliphatic rings. The SMILES string of the molecule is CCNC(=NCc1nc(C)c(C)o1)NCCn1c(C)nc2ccccc21.I. The molecule has 3 aromatic rings. The highest BCUT2D eigenvalue weighted by Gasteiger charge is 2.08. The van der Waals surface area contributed by atoms with E-state index in [1.165, 1.54) is 0 Å². The second kappa shape index (κ2) is 9.72. The summed E-state index contributed by atoms with van der Waals surface area (Å²) in [6, 6.07) is 8.19. The molecule has 146 valence electrons. The van der Waals surface area contributed by atoms with Crippen LogP contribution in [0, 0.1) is 20.8 Å². The average molecular weight is 482 g/mol. The first-order valence-electron chi connectivity index (χ1n) is 8.95. The number of oxazole rings is 1. The summed E-state index contributed by atoms with van der Waals surface area (Å²) in [5.41, 5.74) is 3.09. The average Bonchev–Trinajstić information content (AvgIpc) is 3.11. The second-order valence-electron chi connectivity index (χ2n) is 6.17. The summed E-state index contributed by atoms with van der Waals surface area (Å²) < 4.78 is 7.80. The van der Waals surface area contributed by atoms with E-state index in [1.54, 1.807) is 0 Å². The maximum atomic E-state index is 5.58. The maximum Gasteiger partial charge on any atom is 0.216 e. The van der Waals surface area contributed by atoms with Gasteiger partial charge in [-0.05, 0) is 39.8 Å². The Morgan fingerprint density at radius 3 is 2.63 bits per heavy atom. The van der Waals surface area contributed by atoms with Gasteiger partial charge in [-0.2, -0.15) is 0 Å². The number of guanidine groups is 1. The van der Waals surface area contributed by atoms with Crippen molar-refractivity contribution in [2.24, 2.45) is 4.99 Å². The van der Waals surface area contributed by atoms with Crippen LogP contribution < -0.4 is 10.6 Å². The number of hydrogen-bond donors (Lipinski definition) is 2. The van der Waals surface area contributed by atoms with Crippen molar-refractivity contribution >= 4 is 41.0 Å². The maximum absolute atomic E-state index is 5.58. The molecule has 2 N–H and O–H groups in total. The highest BCUT2D eigenvalue weighted by atomic mass is 127. The first-order valence-corrected chi connectivity index (χ1v) is 8.95. The number of imidazole rings is 1. The zero-order valence-electron chi connectivity index (χ0n) is 16.2. The molecule has 0 fully saturated rings. The van der Waals surface area contributed by atoms with E-state index in [2.05, 4.69) is 36.2 Å². The molecule has 0 radical (unpaired) electrons. The fourth-order valence-corrected chi connectivity index (χ4v) is 2.86. The molecule has 7 nitrogen and oxygen atoms in total. The molecule has 2 heterocycles. The lowest BCUT2D eigenvalue weighted by atomic mass is 10.3. The van der Waals surface area contributed by atoms with Crippen LogP contribution in [0.3, 0.4) is 0 Å². The minimum Gasteiger partial charge on any atom is -0.444 e. The fourth-order valence-electron chi connectivity index (χ4n) is 2.86. The molecule has 0 saturated carbocycles. The number of para-hydroxylation sites is 2. The summed E-state index contributed by atoms with van der Waals surface area (Å²) in [5, 5.41) is 6.61. The van der Waals surface area contributed by atoms with Crippen LogP contribution in [0.5, 0.6) is 0 Å². The Hall–Kier alpha value is -2.10. The Morgan fingerprint density at radius 2 is 1.93 bits per heavy atom. The van der Waals surface area contributed by atoms with Crippen molar-refractivity contribution in [2.45, 2.75) is 40.8 Å². The normalized spacial score (nSPS) is 11.5. The monoisotopic (exact) mass is 482 g/mol. The molecule has 0 aliphatic carbocycles. The number of aryl methyl sites for hydroxylation is 3. The van der Waals surface area contributed by atoms with E-state index in [0.717, 1.165) is 53.9 Å². The van der Waals surface area contributed by atoms with Crippen LogP contribution in [0.25, 0.3) is 11.0 Å². The van der Waals surface area contributed by atoms with Crippen molar-refractivity contribution in [1.29, 1.82) is 0 Å². The quantitative estimate of drug-likeness (QED) is 0.320. The van der Waals surface area contributed by atoms with E-state index < -0.39 is 0 Å². The van der Waals surface area contributed by atoms with Gasteiger partial charge in [0.15, 0.2) is 5.96 Å². The summed E-state index contributed by atoms with van der Waals surface area (Å²) in [6.45, 7) is 10.7. The minimum atomic E-state index is 0. The fraction of sp³-hybridized carbons (Fsp3) is 0.421. The molecule has 3 rings (SSSR count). The van der Waals surface area contributed by atoms with Crippen molar-refractivity contribution in [3.8, 4) is 0 Å². The van der Waals surface area contributed by atoms with Gasteiger partial charge < -0.3 is 19.6 Å². The van der Waals surface area contributed by atoms with Crippen LogP contribution in [0.15, 0.2) is 33.7 Å². The van der Waals surface area contributed by atoms with Gasteiger partial charge in [-0.3, -0.25) is 0 Å². The van der Waals surface area contributed by atoms with Crippen LogP contribution >= 0.6 is 24.0 Å². The number of nitrogens with zero attached hydrogens (tertiary/aromatic N) is 4. The molecule has 2 aromatic heterocycles. The van der Waals surface area contributed by atoms with Crippen LogP contribution in [-0.4, -0.2) is 33.6 Å². The lowest BCUT2D eigenvalue weighted by Crippen LogP contribution is -2.38. The number of benzene rings is 1. The molecule has 0 unspecified atom stereocenters. The smallest absolute Gasteiger partial charge is 0.216 e. The molecule has 0 amide bonds. The van der Waals surface area contributed by atoms with Crippen molar-refractivity contribution < 1.29 is 4.42 Å². The molecule has 0 bridgehead atoms. The summed E-state index contributed by atoms with van der Waals surface area (Å²) >= 11 is 0. The molecular weight excluding hydrogens is 455 g/mol. The Labute approximate surface area is 176 Å². The van der Waals surface area contributed by atoms with E-state index in [9.17, 15) is 0 Å². The number of fused-ring (bicyclic) bond motifs is 1. The van der Waals surface area contributed by atoms with Crippen molar-refractivity contribution in [3.05, 3.63) is 47.4 Å². The molecule has 0 aliphatic heterocycles. The lowest BCUT2D eigenvalue weighted by molar-refractivity contribution is 0.472. The van der Waals surface area contributed by atoms with E-state index in [4.69, 9.17) is 4.42 Å². The van der Waals surface area contributed by atoms with Crippen molar-refractivity contribution in [1.82, 2.24) is 25.2 Å². The summed E-state index contributed by atoms with van der Waals surface area (Å²) in [7, 11) is 0. The van der Waals surface area contributed by atoms with Gasteiger partial charge in [-0.15, -0.1) is 24.0 Å². The number of nitrogens with one attached hydrogen (secondary N) is 2. The third-order valence-electron chi connectivity index (χ3n) is 4.26. The molecule has 1 aromatic carbocycles. The first-order chi connectivity index (χ1) is 12.6. The van der Waals surface area contributed by atoms with Gasteiger partial charge in [0, 0.05) is 19.6 Å². The molecular formula is C19H27IN6O. The topological polar surface area (TPSA) is 80.3 Å². The third kappa shape index (κ3) is 5.21. The largest absolute Gasteiger partial charge is 0.444 e. The van der Waals surface area contributed by atoms with Gasteiger partial charge in [0.1, 0.15) is 18.1 Å². The van der Waals surface area contributed by atoms with Crippen LogP contribution in [0.4, 0.5) is 0 Å². The van der Waals surface area contributed by atoms with Gasteiger partial charge >= 0.3 is 0 Å². The van der Waals surface area contributed by atoms with Gasteiger partial charge in [-0.25, -0.2) is 15.0 Å². The predicted octanol–water partition coefficient (Wildman–Crippen LogP) is 3.32. The first kappa shape index (κ1) is 21.2. The molecule has 8 heteroatoms. The highest BCUT2D eigenvalue weighted by molar-refractivity contribution is 14.0. The number of hydrogen-bond acceptors (Lipinski definition) is 4. The predicted molar refractivity (Wildman–Crippen MR) is 119 cm³/mol. The zero-order valence-corrected chi connectivity index (χ0v) is 18.6. The number of rotatable bonds is 6. The highest BCUT2D eigenvalue weighted by Crippen LogP contribution is 2.14. The van der Waals surface area contributed by atoms with Gasteiger partial charge in [-0.1, -0.05) is 12.1 Å². The van der Waals surface area contributed by atoms with Crippen LogP contribution in [0.1, 0.15) is 30.1 Å². The van der Waals surface area contributed by atoms with Crippen LogP contribution in [0.2, 0.25) is 0 Å². The molecule has 0 atom stereocenters. The van der Waals surface area contributed by atoms with Gasteiger partial charge in [0.25, 0.3) is 0 Å². The zero-order chi connectivity index (χ0) is 18.5. The third-order valence-corrected chi connectivity index (χ3v) is 4.26. The number of halogens is 1. The van der Waals surface area contributed by atoms with Crippen molar-refractivity contribution in [3.63, 3.8) is 0 Å². The Balaban J connectivity index is 0.00000261. The van der Waals surface area contributed by atoms with Crippen LogP contribution in [-0.2, 0) is 13.1 Å². The minimum absolute atomic E-state index is 0. The summed E-state index contributed by atoms with van der Waals surface area (Å²) in [6.07, 6.45) is 0. The second-order valence-corrected chi connectivity index (χ2v) is 6.17. The van der Waals surface area contributed by atoms with E-state index in [1.807, 2.05) is 45.9 Å². The summed E-state index contributed by atoms with van der Waals surface area (Å²) in [4.78, 5) is 13.5. The summed E-state index contributed by atoms with van der Waals surface area (Å²) in [5.74, 6) is 3.24. The van der Waals surface area contributed by atoms with Gasteiger partial charge in [0.2, 0.25) is 5.89 Å². The molecule has 27 heavy (non-hydrogen) atoms. The number of aliphatic imine (C=N–C) groups is 1. The van der Waals surface area contributed by atoms with E-state index in [-0.39, 0.29) is 24.0 Å². The lowest BCUT2D eigenvalue weighted by Gasteiger charge is -2.12. The van der Waals surface area contributed by atoms with E-state index >= 15 is 0 Å².